The third-order valence-electron chi connectivity index (χ3n) is 9.62. The summed E-state index contributed by atoms with van der Waals surface area (Å²) in [5.74, 6) is -4.28. The summed E-state index contributed by atoms with van der Waals surface area (Å²) in [4.78, 5) is 38.9. The number of aliphatic hydroxyl groups is 4. The van der Waals surface area contributed by atoms with Gasteiger partial charge in [-0.25, -0.2) is 54.2 Å². The molecule has 368 valence electrons. The zero-order valence-corrected chi connectivity index (χ0v) is 42.6. The van der Waals surface area contributed by atoms with Crippen molar-refractivity contribution in [1.82, 2.24) is 19.9 Å². The monoisotopic (exact) mass is 1020 g/mol. The van der Waals surface area contributed by atoms with Crippen LogP contribution in [0, 0.1) is 11.6 Å². The van der Waals surface area contributed by atoms with Gasteiger partial charge in [-0.2, -0.15) is 0 Å². The first-order valence-corrected chi connectivity index (χ1v) is 24.0. The van der Waals surface area contributed by atoms with Crippen molar-refractivity contribution >= 4 is 93.8 Å². The molecule has 0 fully saturated rings. The number of halogens is 2. The van der Waals surface area contributed by atoms with Crippen LogP contribution >= 0.6 is 0 Å². The van der Waals surface area contributed by atoms with E-state index in [2.05, 4.69) is 19.9 Å². The van der Waals surface area contributed by atoms with Gasteiger partial charge in [0, 0.05) is 74.0 Å². The van der Waals surface area contributed by atoms with Gasteiger partial charge in [0.2, 0.25) is 31.9 Å². The molecular weight excluding hydrogens is 963 g/mol. The van der Waals surface area contributed by atoms with Crippen molar-refractivity contribution in [3.05, 3.63) is 94.8 Å². The van der Waals surface area contributed by atoms with Crippen molar-refractivity contribution in [2.75, 3.05) is 35.2 Å². The zero-order chi connectivity index (χ0) is 49.8. The van der Waals surface area contributed by atoms with Gasteiger partial charge >= 0.3 is 37.7 Å². The number of nitrogens with zero attached hydrogens (tertiary/aromatic N) is 6. The van der Waals surface area contributed by atoms with Crippen molar-refractivity contribution < 1.29 is 71.3 Å². The van der Waals surface area contributed by atoms with E-state index in [1.54, 1.807) is 0 Å². The molecule has 2 heterocycles. The SMILES string of the molecule is CC(C)c1nc(N(C)S(C)(=O)=O)nc(-c2ccc(F)cc2)c1/C=C/[C@@H](O)C[C@@H](O)CC(=O)[O-].CC(C)c1nc(N(C)S(C)(=O)=O)nc(-c2ccc(F)cc2)c1/C=C/[C@@H](O)C[C@@H](O)CC(=O)[O-].O.[Ca+2]. The molecule has 0 amide bonds. The van der Waals surface area contributed by atoms with Crippen molar-refractivity contribution in [1.29, 1.82) is 0 Å². The molecular formula is C44H56CaF2N6O13S2. The summed E-state index contributed by atoms with van der Waals surface area (Å²) in [6.45, 7) is 7.38. The predicted molar refractivity (Wildman–Crippen MR) is 249 cm³/mol. The van der Waals surface area contributed by atoms with E-state index in [-0.39, 0.29) is 79.8 Å². The van der Waals surface area contributed by atoms with Crippen molar-refractivity contribution in [3.63, 3.8) is 0 Å². The second-order valence-corrected chi connectivity index (χ2v) is 19.9. The van der Waals surface area contributed by atoms with Gasteiger partial charge in [0.1, 0.15) is 11.6 Å². The van der Waals surface area contributed by atoms with Crippen molar-refractivity contribution in [2.24, 2.45) is 0 Å². The maximum Gasteiger partial charge on any atom is 2.00 e. The van der Waals surface area contributed by atoms with Crippen LogP contribution in [-0.4, -0.2) is 163 Å². The number of aromatic nitrogens is 4. The van der Waals surface area contributed by atoms with Gasteiger partial charge in [0.05, 0.1) is 59.7 Å². The van der Waals surface area contributed by atoms with E-state index < -0.39 is 80.9 Å². The summed E-state index contributed by atoms with van der Waals surface area (Å²) in [5.41, 5.74) is 3.52. The van der Waals surface area contributed by atoms with Crippen LogP contribution in [0.4, 0.5) is 20.7 Å². The number of anilines is 2. The van der Waals surface area contributed by atoms with Gasteiger partial charge in [-0.05, 0) is 60.4 Å². The van der Waals surface area contributed by atoms with Gasteiger partial charge in [-0.3, -0.25) is 0 Å². The molecule has 0 aliphatic heterocycles. The summed E-state index contributed by atoms with van der Waals surface area (Å²) >= 11 is 0. The van der Waals surface area contributed by atoms with Crippen molar-refractivity contribution in [3.8, 4) is 22.5 Å². The van der Waals surface area contributed by atoms with Crippen molar-refractivity contribution in [2.45, 2.75) is 89.6 Å². The molecule has 0 aliphatic rings. The molecule has 19 nitrogen and oxygen atoms in total. The first kappa shape index (κ1) is 61.5. The minimum absolute atomic E-state index is 0. The van der Waals surface area contributed by atoms with E-state index >= 15 is 0 Å². The number of hydrogen-bond acceptors (Lipinski definition) is 16. The third-order valence-corrected chi connectivity index (χ3v) is 11.9. The fourth-order valence-electron chi connectivity index (χ4n) is 6.07. The average molecular weight is 1020 g/mol. The molecule has 2 aromatic carbocycles. The summed E-state index contributed by atoms with van der Waals surface area (Å²) in [5, 5.41) is 61.1. The molecule has 68 heavy (non-hydrogen) atoms. The maximum atomic E-state index is 13.5. The van der Waals surface area contributed by atoms with E-state index in [1.165, 1.54) is 86.9 Å². The number of aliphatic hydroxyl groups excluding tert-OH is 4. The Bertz CT molecular complexity index is 2430. The van der Waals surface area contributed by atoms with E-state index in [9.17, 15) is 65.8 Å². The molecule has 0 saturated heterocycles. The van der Waals surface area contributed by atoms with Crippen LogP contribution in [0.25, 0.3) is 34.7 Å². The Hall–Kier alpha value is -4.56. The van der Waals surface area contributed by atoms with Crippen LogP contribution in [-0.2, 0) is 29.6 Å². The molecule has 0 radical (unpaired) electrons. The average Bonchev–Trinajstić information content (AvgIpc) is 3.20. The second kappa shape index (κ2) is 27.0. The number of carbonyl (C=O) groups excluding carboxylic acids is 2. The minimum atomic E-state index is -3.66. The fraction of sp³-hybridized carbons (Fsp3) is 0.409. The molecule has 2 aromatic heterocycles. The molecule has 0 saturated carbocycles. The molecule has 4 rings (SSSR count). The number of aliphatic carboxylic acids is 2. The number of sulfonamides is 2. The molecule has 0 spiro atoms. The van der Waals surface area contributed by atoms with Crippen LogP contribution in [0.15, 0.2) is 60.7 Å². The summed E-state index contributed by atoms with van der Waals surface area (Å²) in [6, 6.07) is 10.9. The van der Waals surface area contributed by atoms with E-state index in [0.29, 0.717) is 45.0 Å². The van der Waals surface area contributed by atoms with Crippen LogP contribution in [0.3, 0.4) is 0 Å². The number of benzene rings is 2. The number of rotatable bonds is 20. The number of hydrogen-bond donors (Lipinski definition) is 4. The Kier molecular flexibility index (Phi) is 24.4. The predicted octanol–water partition coefficient (Wildman–Crippen LogP) is 0.929. The quantitative estimate of drug-likeness (QED) is 0.0895. The number of carboxylic acid groups (broad SMARTS) is 2. The van der Waals surface area contributed by atoms with E-state index in [0.717, 1.165) is 21.1 Å². The molecule has 6 N–H and O–H groups in total. The third kappa shape index (κ3) is 18.7. The Morgan fingerprint density at radius 2 is 0.912 bits per heavy atom. The topological polar surface area (TPSA) is 319 Å². The largest absolute Gasteiger partial charge is 2.00 e. The van der Waals surface area contributed by atoms with Gasteiger partial charge < -0.3 is 45.7 Å². The van der Waals surface area contributed by atoms with Crippen LogP contribution in [0.5, 0.6) is 0 Å². The van der Waals surface area contributed by atoms with Crippen LogP contribution in [0.1, 0.15) is 87.7 Å². The van der Waals surface area contributed by atoms with Gasteiger partial charge in [-0.1, -0.05) is 52.0 Å². The van der Waals surface area contributed by atoms with Crippen LogP contribution < -0.4 is 18.8 Å². The molecule has 0 aliphatic carbocycles. The van der Waals surface area contributed by atoms with E-state index in [4.69, 9.17) is 0 Å². The summed E-state index contributed by atoms with van der Waals surface area (Å²) in [7, 11) is -4.67. The van der Waals surface area contributed by atoms with Gasteiger partial charge in [-0.15, -0.1) is 0 Å². The second-order valence-electron chi connectivity index (χ2n) is 15.9. The first-order valence-electron chi connectivity index (χ1n) is 20.3. The fourth-order valence-corrected chi connectivity index (χ4v) is 6.83. The Labute approximate surface area is 424 Å². The molecule has 4 aromatic rings. The zero-order valence-electron chi connectivity index (χ0n) is 38.7. The Morgan fingerprint density at radius 3 is 1.16 bits per heavy atom. The standard InChI is InChI=1S/2C22H28FN3O6S.Ca.H2O/c2*1-13(2)20-18(10-9-16(27)11-17(28)12-19(29)30)21(14-5-7-15(23)8-6-14)25-22(24-20)26(3)33(4,31)32;;/h2*5-10,13,16-17,27-28H,11-12H2,1-4H3,(H,29,30);;1H2/q;;+2;/p-2/b2*10-9+;;/t2*16-,17-;;/m11../s1. The first-order chi connectivity index (χ1) is 30.6. The van der Waals surface area contributed by atoms with Crippen LogP contribution in [0.2, 0.25) is 0 Å². The Morgan fingerprint density at radius 1 is 0.618 bits per heavy atom. The number of carboxylic acids is 2. The smallest absolute Gasteiger partial charge is 0.550 e. The molecule has 0 unspecified atom stereocenters. The number of carbonyl (C=O) groups is 2. The summed E-state index contributed by atoms with van der Waals surface area (Å²) < 4.78 is 77.1. The molecule has 0 bridgehead atoms. The van der Waals surface area contributed by atoms with Gasteiger partial charge in [0.15, 0.2) is 0 Å². The van der Waals surface area contributed by atoms with E-state index in [1.807, 2.05) is 27.7 Å². The normalized spacial score (nSPS) is 13.5. The van der Waals surface area contributed by atoms with Gasteiger partial charge in [0.25, 0.3) is 0 Å². The maximum absolute atomic E-state index is 13.5. The summed E-state index contributed by atoms with van der Waals surface area (Å²) in [6.07, 6.45) is 1.16. The minimum Gasteiger partial charge on any atom is -0.550 e. The molecule has 4 atom stereocenters. The molecule has 24 heteroatoms. The Balaban J connectivity index is 0.000000661.